The van der Waals surface area contributed by atoms with E-state index >= 15 is 0 Å². The number of hydrogen-bond donors (Lipinski definition) is 0. The third-order valence-corrected chi connectivity index (χ3v) is 1.92. The van der Waals surface area contributed by atoms with Crippen LogP contribution in [0.5, 0.6) is 5.75 Å². The number of halogens is 5. The zero-order chi connectivity index (χ0) is 12.5. The molecule has 0 bridgehead atoms. The van der Waals surface area contributed by atoms with Crippen molar-refractivity contribution >= 4 is 17.4 Å². The van der Waals surface area contributed by atoms with Crippen LogP contribution in [-0.4, -0.2) is 12.1 Å². The van der Waals surface area contributed by atoms with Gasteiger partial charge < -0.3 is 4.74 Å². The number of benzene rings is 1. The first-order valence-electron chi connectivity index (χ1n) is 3.96. The van der Waals surface area contributed by atoms with E-state index in [1.54, 1.807) is 0 Å². The molecule has 0 atom stereocenters. The van der Waals surface area contributed by atoms with Crippen LogP contribution in [0.15, 0.2) is 12.1 Å². The molecular formula is C9H5ClF4O2. The molecule has 7 heteroatoms. The third kappa shape index (κ3) is 3.10. The number of ketones is 1. The minimum absolute atomic E-state index is 0.389. The smallest absolute Gasteiger partial charge is 0.404 e. The lowest BCUT2D eigenvalue weighted by atomic mass is 10.1. The minimum atomic E-state index is -4.96. The Labute approximate surface area is 92.8 Å². The molecule has 0 amide bonds. The van der Waals surface area contributed by atoms with Crippen molar-refractivity contribution < 1.29 is 27.1 Å². The van der Waals surface area contributed by atoms with Gasteiger partial charge in [0.2, 0.25) is 0 Å². The Morgan fingerprint density at radius 2 is 1.94 bits per heavy atom. The molecule has 88 valence electrons. The summed E-state index contributed by atoms with van der Waals surface area (Å²) in [6.07, 6.45) is -4.96. The van der Waals surface area contributed by atoms with E-state index < -0.39 is 28.7 Å². The quantitative estimate of drug-likeness (QED) is 0.597. The minimum Gasteiger partial charge on any atom is -0.404 e. The summed E-state index contributed by atoms with van der Waals surface area (Å²) < 4.78 is 52.1. The molecule has 0 spiro atoms. The van der Waals surface area contributed by atoms with Gasteiger partial charge >= 0.3 is 6.36 Å². The summed E-state index contributed by atoms with van der Waals surface area (Å²) in [5.41, 5.74) is -0.389. The number of Topliss-reactive ketones (excluding diaryl/α,β-unsaturated/α-hetero) is 1. The van der Waals surface area contributed by atoms with Gasteiger partial charge in [-0.15, -0.1) is 13.2 Å². The van der Waals surface area contributed by atoms with Gasteiger partial charge in [0.15, 0.2) is 11.5 Å². The molecule has 1 aromatic rings. The van der Waals surface area contributed by atoms with Crippen LogP contribution >= 0.6 is 11.6 Å². The molecule has 2 nitrogen and oxygen atoms in total. The van der Waals surface area contributed by atoms with Gasteiger partial charge in [-0.1, -0.05) is 11.6 Å². The first-order chi connectivity index (χ1) is 7.20. The van der Waals surface area contributed by atoms with Crippen molar-refractivity contribution in [3.05, 3.63) is 28.5 Å². The lowest BCUT2D eigenvalue weighted by molar-refractivity contribution is -0.274. The molecule has 0 N–H and O–H groups in total. The molecule has 16 heavy (non-hydrogen) atoms. The summed E-state index contributed by atoms with van der Waals surface area (Å²) >= 11 is 5.41. The topological polar surface area (TPSA) is 26.3 Å². The Morgan fingerprint density at radius 3 is 2.38 bits per heavy atom. The molecule has 0 aliphatic rings. The van der Waals surface area contributed by atoms with Crippen LogP contribution in [0.4, 0.5) is 17.6 Å². The fraction of sp³-hybridized carbons (Fsp3) is 0.222. The molecular weight excluding hydrogens is 252 g/mol. The average molecular weight is 257 g/mol. The van der Waals surface area contributed by atoms with E-state index in [9.17, 15) is 22.4 Å². The number of ether oxygens (including phenoxy) is 1. The number of hydrogen-bond acceptors (Lipinski definition) is 2. The highest BCUT2D eigenvalue weighted by atomic mass is 35.5. The Hall–Kier alpha value is -1.30. The van der Waals surface area contributed by atoms with Crippen LogP contribution in [0, 0.1) is 5.82 Å². The molecule has 0 radical (unpaired) electrons. The molecule has 0 aromatic heterocycles. The van der Waals surface area contributed by atoms with Crippen LogP contribution in [0.3, 0.4) is 0 Å². The second-order valence-electron chi connectivity index (χ2n) is 2.87. The Morgan fingerprint density at radius 1 is 1.38 bits per heavy atom. The van der Waals surface area contributed by atoms with Gasteiger partial charge in [0.1, 0.15) is 5.82 Å². The van der Waals surface area contributed by atoms with Gasteiger partial charge in [-0.05, 0) is 13.0 Å². The highest BCUT2D eigenvalue weighted by Gasteiger charge is 2.32. The van der Waals surface area contributed by atoms with Crippen LogP contribution in [0.2, 0.25) is 5.02 Å². The molecule has 1 rings (SSSR count). The number of rotatable bonds is 2. The molecule has 0 saturated heterocycles. The Kier molecular flexibility index (Phi) is 3.42. The SMILES string of the molecule is CC(=O)c1cc(Cl)c(OC(F)(F)F)cc1F. The van der Waals surface area contributed by atoms with E-state index in [4.69, 9.17) is 11.6 Å². The maximum atomic E-state index is 13.1. The van der Waals surface area contributed by atoms with Crippen molar-refractivity contribution in [2.75, 3.05) is 0 Å². The summed E-state index contributed by atoms with van der Waals surface area (Å²) in [6, 6.07) is 1.22. The summed E-state index contributed by atoms with van der Waals surface area (Å²) in [5.74, 6) is -2.63. The zero-order valence-corrected chi connectivity index (χ0v) is 8.62. The van der Waals surface area contributed by atoms with E-state index in [1.165, 1.54) is 0 Å². The van der Waals surface area contributed by atoms with Gasteiger partial charge in [-0.3, -0.25) is 4.79 Å². The monoisotopic (exact) mass is 256 g/mol. The first-order valence-corrected chi connectivity index (χ1v) is 4.34. The molecule has 0 aliphatic heterocycles. The predicted octanol–water partition coefficient (Wildman–Crippen LogP) is 3.58. The summed E-state index contributed by atoms with van der Waals surface area (Å²) in [7, 11) is 0. The lowest BCUT2D eigenvalue weighted by Gasteiger charge is -2.11. The van der Waals surface area contributed by atoms with E-state index in [0.717, 1.165) is 13.0 Å². The van der Waals surface area contributed by atoms with Crippen molar-refractivity contribution in [3.8, 4) is 5.75 Å². The maximum Gasteiger partial charge on any atom is 0.573 e. The van der Waals surface area contributed by atoms with Crippen molar-refractivity contribution in [1.29, 1.82) is 0 Å². The summed E-state index contributed by atoms with van der Waals surface area (Å²) in [6.45, 7) is 1.07. The van der Waals surface area contributed by atoms with E-state index in [2.05, 4.69) is 4.74 Å². The fourth-order valence-corrected chi connectivity index (χ4v) is 1.20. The van der Waals surface area contributed by atoms with Crippen LogP contribution in [0.1, 0.15) is 17.3 Å². The number of carbonyl (C=O) groups is 1. The van der Waals surface area contributed by atoms with Gasteiger partial charge in [-0.25, -0.2) is 4.39 Å². The fourth-order valence-electron chi connectivity index (χ4n) is 1.00. The average Bonchev–Trinajstić information content (AvgIpc) is 2.07. The second kappa shape index (κ2) is 4.29. The third-order valence-electron chi connectivity index (χ3n) is 1.63. The number of alkyl halides is 3. The first kappa shape index (κ1) is 12.8. The van der Waals surface area contributed by atoms with Crippen molar-refractivity contribution in [3.63, 3.8) is 0 Å². The van der Waals surface area contributed by atoms with Gasteiger partial charge in [0.05, 0.1) is 10.6 Å². The standard InChI is InChI=1S/C9H5ClF4O2/c1-4(15)5-2-6(10)8(3-7(5)11)16-9(12,13)14/h2-3H,1H3. The Balaban J connectivity index is 3.16. The zero-order valence-electron chi connectivity index (χ0n) is 7.86. The van der Waals surface area contributed by atoms with Crippen molar-refractivity contribution in [2.45, 2.75) is 13.3 Å². The van der Waals surface area contributed by atoms with E-state index in [-0.39, 0.29) is 5.56 Å². The predicted molar refractivity (Wildman–Crippen MR) is 48.1 cm³/mol. The second-order valence-corrected chi connectivity index (χ2v) is 3.27. The maximum absolute atomic E-state index is 13.1. The highest BCUT2D eigenvalue weighted by Crippen LogP contribution is 2.32. The lowest BCUT2D eigenvalue weighted by Crippen LogP contribution is -2.17. The molecule has 0 heterocycles. The summed E-state index contributed by atoms with van der Waals surface area (Å²) in [5, 5.41) is -0.482. The molecule has 0 aliphatic carbocycles. The van der Waals surface area contributed by atoms with Gasteiger partial charge in [-0.2, -0.15) is 0 Å². The molecule has 0 fully saturated rings. The van der Waals surface area contributed by atoms with Gasteiger partial charge in [0.25, 0.3) is 0 Å². The van der Waals surface area contributed by atoms with Crippen molar-refractivity contribution in [2.24, 2.45) is 0 Å². The molecule has 1 aromatic carbocycles. The van der Waals surface area contributed by atoms with Crippen LogP contribution in [0.25, 0.3) is 0 Å². The van der Waals surface area contributed by atoms with E-state index in [0.29, 0.717) is 6.07 Å². The highest BCUT2D eigenvalue weighted by molar-refractivity contribution is 6.32. The molecule has 0 saturated carbocycles. The number of carbonyl (C=O) groups excluding carboxylic acids is 1. The molecule has 0 unspecified atom stereocenters. The Bertz CT molecular complexity index is 428. The largest absolute Gasteiger partial charge is 0.573 e. The van der Waals surface area contributed by atoms with Crippen LogP contribution in [-0.2, 0) is 0 Å². The van der Waals surface area contributed by atoms with Crippen molar-refractivity contribution in [1.82, 2.24) is 0 Å². The van der Waals surface area contributed by atoms with Crippen LogP contribution < -0.4 is 4.74 Å². The normalized spacial score (nSPS) is 11.4. The van der Waals surface area contributed by atoms with Gasteiger partial charge in [0, 0.05) is 6.07 Å². The van der Waals surface area contributed by atoms with E-state index in [1.807, 2.05) is 0 Å². The summed E-state index contributed by atoms with van der Waals surface area (Å²) in [4.78, 5) is 10.9.